The van der Waals surface area contributed by atoms with Crippen LogP contribution in [0.15, 0.2) is 0 Å². The third-order valence-corrected chi connectivity index (χ3v) is 4.22. The summed E-state index contributed by atoms with van der Waals surface area (Å²) in [5.74, 6) is -1.48. The Morgan fingerprint density at radius 3 is 1.83 bits per heavy atom. The molecule has 0 aliphatic carbocycles. The van der Waals surface area contributed by atoms with Crippen LogP contribution in [-0.4, -0.2) is 23.7 Å². The number of ether oxygens (including phenoxy) is 1. The molecule has 142 valence electrons. The van der Waals surface area contributed by atoms with E-state index < -0.39 is 11.9 Å². The van der Waals surface area contributed by atoms with Crippen LogP contribution in [0.5, 0.6) is 0 Å². The number of carbonyl (C=O) groups excluding carboxylic acids is 1. The first kappa shape index (κ1) is 22.9. The molecule has 1 atom stereocenters. The number of hydrogen-bond donors (Lipinski definition) is 1. The molecule has 0 saturated carbocycles. The average molecular weight is 343 g/mol. The van der Waals surface area contributed by atoms with Crippen LogP contribution in [0.3, 0.4) is 0 Å². The highest BCUT2D eigenvalue weighted by Gasteiger charge is 2.23. The van der Waals surface area contributed by atoms with Crippen LogP contribution in [-0.2, 0) is 14.3 Å². The van der Waals surface area contributed by atoms with Gasteiger partial charge in [0.15, 0.2) is 0 Å². The minimum absolute atomic E-state index is 0.117. The van der Waals surface area contributed by atoms with Crippen molar-refractivity contribution in [1.29, 1.82) is 0 Å². The lowest BCUT2D eigenvalue weighted by atomic mass is 9.97. The molecule has 0 aliphatic heterocycles. The Bertz CT molecular complexity index is 326. The van der Waals surface area contributed by atoms with Crippen molar-refractivity contribution in [1.82, 2.24) is 0 Å². The maximum atomic E-state index is 12.0. The number of carboxylic acids is 1. The smallest absolute Gasteiger partial charge is 0.309 e. The molecule has 1 N–H and O–H groups in total. The topological polar surface area (TPSA) is 63.6 Å². The number of carboxylic acid groups (broad SMARTS) is 1. The Labute approximate surface area is 148 Å². The first-order valence-corrected chi connectivity index (χ1v) is 9.85. The van der Waals surface area contributed by atoms with Crippen molar-refractivity contribution in [2.24, 2.45) is 11.8 Å². The SMILES string of the molecule is CCCCCCCCCCCCC(CC(=O)O)C(=O)OCC(C)C. The summed E-state index contributed by atoms with van der Waals surface area (Å²) in [7, 11) is 0. The standard InChI is InChI=1S/C20H38O4/c1-4-5-6-7-8-9-10-11-12-13-14-18(15-19(21)22)20(23)24-16-17(2)3/h17-18H,4-16H2,1-3H3,(H,21,22). The predicted molar refractivity (Wildman–Crippen MR) is 98.0 cm³/mol. The number of unbranched alkanes of at least 4 members (excludes halogenated alkanes) is 9. The highest BCUT2D eigenvalue weighted by Crippen LogP contribution is 2.18. The zero-order chi connectivity index (χ0) is 18.2. The van der Waals surface area contributed by atoms with E-state index in [9.17, 15) is 9.59 Å². The predicted octanol–water partition coefficient (Wildman–Crippen LogP) is 5.59. The Hall–Kier alpha value is -1.06. The van der Waals surface area contributed by atoms with Crippen LogP contribution >= 0.6 is 0 Å². The van der Waals surface area contributed by atoms with Crippen LogP contribution in [0, 0.1) is 11.8 Å². The lowest BCUT2D eigenvalue weighted by molar-refractivity contribution is -0.154. The van der Waals surface area contributed by atoms with Crippen molar-refractivity contribution >= 4 is 11.9 Å². The highest BCUT2D eigenvalue weighted by atomic mass is 16.5. The fourth-order valence-electron chi connectivity index (χ4n) is 2.76. The summed E-state index contributed by atoms with van der Waals surface area (Å²) in [5, 5.41) is 8.96. The number of hydrogen-bond acceptors (Lipinski definition) is 3. The Balaban J connectivity index is 3.78. The Morgan fingerprint density at radius 1 is 0.875 bits per heavy atom. The molecule has 0 aromatic rings. The van der Waals surface area contributed by atoms with Crippen LogP contribution in [0.25, 0.3) is 0 Å². The average Bonchev–Trinajstić information content (AvgIpc) is 2.52. The molecule has 0 spiro atoms. The van der Waals surface area contributed by atoms with Gasteiger partial charge in [-0.15, -0.1) is 0 Å². The second-order valence-electron chi connectivity index (χ2n) is 7.29. The zero-order valence-electron chi connectivity index (χ0n) is 16.0. The van der Waals surface area contributed by atoms with Crippen LogP contribution < -0.4 is 0 Å². The van der Waals surface area contributed by atoms with E-state index in [0.29, 0.717) is 13.0 Å². The monoisotopic (exact) mass is 342 g/mol. The number of carbonyl (C=O) groups is 2. The summed E-state index contributed by atoms with van der Waals surface area (Å²) in [5.41, 5.74) is 0. The number of rotatable bonds is 16. The Kier molecular flexibility index (Phi) is 14.8. The van der Waals surface area contributed by atoms with Gasteiger partial charge in [0.1, 0.15) is 0 Å². The van der Waals surface area contributed by atoms with Gasteiger partial charge < -0.3 is 9.84 Å². The molecular formula is C20H38O4. The van der Waals surface area contributed by atoms with Crippen molar-refractivity contribution in [3.8, 4) is 0 Å². The van der Waals surface area contributed by atoms with E-state index in [-0.39, 0.29) is 18.3 Å². The number of aliphatic carboxylic acids is 1. The molecule has 0 saturated heterocycles. The summed E-state index contributed by atoms with van der Waals surface area (Å²) in [6, 6.07) is 0. The maximum absolute atomic E-state index is 12.0. The first-order valence-electron chi connectivity index (χ1n) is 9.85. The van der Waals surface area contributed by atoms with Gasteiger partial charge in [0, 0.05) is 0 Å². The van der Waals surface area contributed by atoms with Gasteiger partial charge in [-0.3, -0.25) is 9.59 Å². The van der Waals surface area contributed by atoms with E-state index in [2.05, 4.69) is 6.92 Å². The summed E-state index contributed by atoms with van der Waals surface area (Å²) in [6.07, 6.45) is 12.8. The maximum Gasteiger partial charge on any atom is 0.309 e. The van der Waals surface area contributed by atoms with Gasteiger partial charge in [0.2, 0.25) is 0 Å². The minimum atomic E-state index is -0.923. The van der Waals surface area contributed by atoms with Crippen LogP contribution in [0.1, 0.15) is 97.8 Å². The van der Waals surface area contributed by atoms with E-state index in [0.717, 1.165) is 12.8 Å². The van der Waals surface area contributed by atoms with Gasteiger partial charge in [-0.1, -0.05) is 85.0 Å². The van der Waals surface area contributed by atoms with Gasteiger partial charge in [0.05, 0.1) is 18.9 Å². The molecule has 0 aromatic heterocycles. The van der Waals surface area contributed by atoms with Crippen molar-refractivity contribution in [2.45, 2.75) is 97.8 Å². The summed E-state index contributed by atoms with van der Waals surface area (Å²) in [6.45, 7) is 6.55. The molecule has 0 heterocycles. The molecular weight excluding hydrogens is 304 g/mol. The molecule has 0 aromatic carbocycles. The molecule has 0 fully saturated rings. The van der Waals surface area contributed by atoms with Gasteiger partial charge in [-0.05, 0) is 12.3 Å². The van der Waals surface area contributed by atoms with Crippen LogP contribution in [0.2, 0.25) is 0 Å². The van der Waals surface area contributed by atoms with Crippen molar-refractivity contribution < 1.29 is 19.4 Å². The third-order valence-electron chi connectivity index (χ3n) is 4.22. The van der Waals surface area contributed by atoms with E-state index in [1.165, 1.54) is 51.4 Å². The highest BCUT2D eigenvalue weighted by molar-refractivity contribution is 5.79. The van der Waals surface area contributed by atoms with Gasteiger partial charge in [-0.2, -0.15) is 0 Å². The lowest BCUT2D eigenvalue weighted by Crippen LogP contribution is -2.22. The second kappa shape index (κ2) is 15.5. The number of esters is 1. The van der Waals surface area contributed by atoms with Gasteiger partial charge >= 0.3 is 11.9 Å². The summed E-state index contributed by atoms with van der Waals surface area (Å²) < 4.78 is 5.21. The first-order chi connectivity index (χ1) is 11.5. The summed E-state index contributed by atoms with van der Waals surface area (Å²) in [4.78, 5) is 22.9. The molecule has 4 heteroatoms. The van der Waals surface area contributed by atoms with E-state index in [4.69, 9.17) is 9.84 Å². The third kappa shape index (κ3) is 14.5. The lowest BCUT2D eigenvalue weighted by Gasteiger charge is -2.15. The van der Waals surface area contributed by atoms with E-state index in [1.54, 1.807) is 0 Å². The van der Waals surface area contributed by atoms with E-state index >= 15 is 0 Å². The van der Waals surface area contributed by atoms with Gasteiger partial charge in [-0.25, -0.2) is 0 Å². The summed E-state index contributed by atoms with van der Waals surface area (Å²) >= 11 is 0. The quantitative estimate of drug-likeness (QED) is 0.293. The fraction of sp³-hybridized carbons (Fsp3) is 0.900. The van der Waals surface area contributed by atoms with Crippen LogP contribution in [0.4, 0.5) is 0 Å². The zero-order valence-corrected chi connectivity index (χ0v) is 16.0. The molecule has 24 heavy (non-hydrogen) atoms. The largest absolute Gasteiger partial charge is 0.481 e. The normalized spacial score (nSPS) is 12.3. The molecule has 0 rings (SSSR count). The molecule has 0 radical (unpaired) electrons. The molecule has 0 bridgehead atoms. The molecule has 0 aliphatic rings. The van der Waals surface area contributed by atoms with Gasteiger partial charge in [0.25, 0.3) is 0 Å². The molecule has 1 unspecified atom stereocenters. The molecule has 4 nitrogen and oxygen atoms in total. The van der Waals surface area contributed by atoms with Crippen molar-refractivity contribution in [3.63, 3.8) is 0 Å². The second-order valence-corrected chi connectivity index (χ2v) is 7.29. The molecule has 0 amide bonds. The van der Waals surface area contributed by atoms with Crippen molar-refractivity contribution in [2.75, 3.05) is 6.61 Å². The van der Waals surface area contributed by atoms with Crippen molar-refractivity contribution in [3.05, 3.63) is 0 Å². The minimum Gasteiger partial charge on any atom is -0.481 e. The van der Waals surface area contributed by atoms with E-state index in [1.807, 2.05) is 13.8 Å². The fourth-order valence-corrected chi connectivity index (χ4v) is 2.76. The Morgan fingerprint density at radius 2 is 1.38 bits per heavy atom.